The number of halogens is 1. The van der Waals surface area contributed by atoms with Gasteiger partial charge in [-0.05, 0) is 50.2 Å². The molecule has 30 heavy (non-hydrogen) atoms. The highest BCUT2D eigenvalue weighted by Crippen LogP contribution is 2.29. The third-order valence-electron chi connectivity index (χ3n) is 4.23. The van der Waals surface area contributed by atoms with Crippen molar-refractivity contribution < 1.29 is 9.53 Å². The summed E-state index contributed by atoms with van der Waals surface area (Å²) in [5, 5.41) is 12.4. The van der Waals surface area contributed by atoms with Crippen molar-refractivity contribution in [2.75, 3.05) is 11.9 Å². The van der Waals surface area contributed by atoms with Gasteiger partial charge in [0.05, 0.1) is 17.5 Å². The lowest BCUT2D eigenvalue weighted by molar-refractivity contribution is -0.115. The Morgan fingerprint density at radius 2 is 2.00 bits per heavy atom. The number of aromatic nitrogens is 3. The number of para-hydroxylation sites is 2. The average molecular weight is 443 g/mol. The number of carbonyl (C=O) groups is 1. The first-order valence-electron chi connectivity index (χ1n) is 9.52. The SMILES string of the molecule is C=CCn1c(SC(C)C(=O)Nc2ccccc2OCC)nnc1-c1ccc(Cl)cc1. The van der Waals surface area contributed by atoms with Gasteiger partial charge in [0.15, 0.2) is 11.0 Å². The van der Waals surface area contributed by atoms with Gasteiger partial charge in [0.2, 0.25) is 5.91 Å². The van der Waals surface area contributed by atoms with Gasteiger partial charge >= 0.3 is 0 Å². The van der Waals surface area contributed by atoms with Crippen LogP contribution in [0.2, 0.25) is 5.02 Å². The standard InChI is InChI=1S/C22H23ClN4O2S/c1-4-14-27-20(16-10-12-17(23)13-11-16)25-26-22(27)30-15(3)21(28)24-18-8-6-7-9-19(18)29-5-2/h4,6-13,15H,1,5,14H2,2-3H3,(H,24,28). The molecule has 1 unspecified atom stereocenters. The van der Waals surface area contributed by atoms with Gasteiger partial charge in [0.1, 0.15) is 5.75 Å². The highest BCUT2D eigenvalue weighted by Gasteiger charge is 2.21. The third kappa shape index (κ3) is 5.23. The minimum Gasteiger partial charge on any atom is -0.492 e. The first-order chi connectivity index (χ1) is 14.5. The molecule has 1 atom stereocenters. The van der Waals surface area contributed by atoms with Crippen LogP contribution in [0.5, 0.6) is 5.75 Å². The molecular formula is C22H23ClN4O2S. The molecule has 1 aromatic heterocycles. The Kier molecular flexibility index (Phi) is 7.54. The maximum absolute atomic E-state index is 12.8. The normalized spacial score (nSPS) is 11.7. The van der Waals surface area contributed by atoms with Crippen LogP contribution in [0.25, 0.3) is 11.4 Å². The van der Waals surface area contributed by atoms with Gasteiger partial charge in [-0.25, -0.2) is 0 Å². The second-order valence-electron chi connectivity index (χ2n) is 6.39. The molecule has 0 radical (unpaired) electrons. The summed E-state index contributed by atoms with van der Waals surface area (Å²) in [5.74, 6) is 1.20. The fourth-order valence-corrected chi connectivity index (χ4v) is 3.76. The van der Waals surface area contributed by atoms with E-state index < -0.39 is 5.25 Å². The Balaban J connectivity index is 1.77. The lowest BCUT2D eigenvalue weighted by Gasteiger charge is -2.15. The molecule has 0 aliphatic rings. The second kappa shape index (κ2) is 10.3. The zero-order chi connectivity index (χ0) is 21.5. The molecule has 0 saturated heterocycles. The van der Waals surface area contributed by atoms with Crippen molar-refractivity contribution in [1.82, 2.24) is 14.8 Å². The van der Waals surface area contributed by atoms with Crippen LogP contribution in [0, 0.1) is 0 Å². The van der Waals surface area contributed by atoms with Gasteiger partial charge in [0, 0.05) is 17.1 Å². The largest absolute Gasteiger partial charge is 0.492 e. The van der Waals surface area contributed by atoms with Crippen molar-refractivity contribution in [2.24, 2.45) is 0 Å². The zero-order valence-corrected chi connectivity index (χ0v) is 18.4. The second-order valence-corrected chi connectivity index (χ2v) is 8.14. The Hall–Kier alpha value is -2.77. The summed E-state index contributed by atoms with van der Waals surface area (Å²) >= 11 is 7.33. The van der Waals surface area contributed by atoms with Crippen molar-refractivity contribution in [3.8, 4) is 17.1 Å². The number of anilines is 1. The summed E-state index contributed by atoms with van der Waals surface area (Å²) in [6.07, 6.45) is 1.77. The number of allylic oxidation sites excluding steroid dienone is 1. The topological polar surface area (TPSA) is 69.0 Å². The third-order valence-corrected chi connectivity index (χ3v) is 5.56. The summed E-state index contributed by atoms with van der Waals surface area (Å²) in [4.78, 5) is 12.8. The van der Waals surface area contributed by atoms with E-state index in [1.807, 2.05) is 66.9 Å². The van der Waals surface area contributed by atoms with E-state index in [0.717, 1.165) is 5.56 Å². The Bertz CT molecular complexity index is 1020. The van der Waals surface area contributed by atoms with Gasteiger partial charge < -0.3 is 10.1 Å². The predicted octanol–water partition coefficient (Wildman–Crippen LogP) is 5.30. The van der Waals surface area contributed by atoms with Crippen LogP contribution in [0.1, 0.15) is 13.8 Å². The van der Waals surface area contributed by atoms with E-state index in [9.17, 15) is 4.79 Å². The fraction of sp³-hybridized carbons (Fsp3) is 0.227. The number of hydrogen-bond acceptors (Lipinski definition) is 5. The van der Waals surface area contributed by atoms with Gasteiger partial charge in [-0.15, -0.1) is 16.8 Å². The molecule has 0 saturated carbocycles. The molecule has 3 aromatic rings. The fourth-order valence-electron chi connectivity index (χ4n) is 2.78. The molecule has 3 rings (SSSR count). The molecule has 2 aromatic carbocycles. The van der Waals surface area contributed by atoms with E-state index in [0.29, 0.717) is 40.6 Å². The number of benzene rings is 2. The molecule has 0 spiro atoms. The maximum Gasteiger partial charge on any atom is 0.237 e. The monoisotopic (exact) mass is 442 g/mol. The van der Waals surface area contributed by atoms with Gasteiger partial charge in [-0.3, -0.25) is 9.36 Å². The van der Waals surface area contributed by atoms with Crippen molar-refractivity contribution >= 4 is 35.0 Å². The number of nitrogens with zero attached hydrogens (tertiary/aromatic N) is 3. The van der Waals surface area contributed by atoms with Crippen LogP contribution in [0.15, 0.2) is 66.3 Å². The summed E-state index contributed by atoms with van der Waals surface area (Å²) in [6.45, 7) is 8.60. The van der Waals surface area contributed by atoms with E-state index in [-0.39, 0.29) is 5.91 Å². The molecule has 1 amide bonds. The summed E-state index contributed by atoms with van der Waals surface area (Å²) in [7, 11) is 0. The number of ether oxygens (including phenoxy) is 1. The first-order valence-corrected chi connectivity index (χ1v) is 10.8. The summed E-state index contributed by atoms with van der Waals surface area (Å²) in [6, 6.07) is 14.8. The van der Waals surface area contributed by atoms with Crippen molar-refractivity contribution in [3.63, 3.8) is 0 Å². The molecular weight excluding hydrogens is 420 g/mol. The highest BCUT2D eigenvalue weighted by molar-refractivity contribution is 8.00. The van der Waals surface area contributed by atoms with E-state index in [1.54, 1.807) is 6.08 Å². The summed E-state index contributed by atoms with van der Waals surface area (Å²) < 4.78 is 7.51. The molecule has 0 fully saturated rings. The molecule has 6 nitrogen and oxygen atoms in total. The van der Waals surface area contributed by atoms with Crippen LogP contribution in [-0.2, 0) is 11.3 Å². The number of rotatable bonds is 9. The average Bonchev–Trinajstić information content (AvgIpc) is 3.12. The lowest BCUT2D eigenvalue weighted by atomic mass is 10.2. The van der Waals surface area contributed by atoms with Crippen molar-refractivity contribution in [3.05, 3.63) is 66.2 Å². The number of amides is 1. The Labute approximate surface area is 185 Å². The van der Waals surface area contributed by atoms with Crippen LogP contribution in [-0.4, -0.2) is 32.5 Å². The molecule has 1 N–H and O–H groups in total. The summed E-state index contributed by atoms with van der Waals surface area (Å²) in [5.41, 5.74) is 1.54. The number of hydrogen-bond donors (Lipinski definition) is 1. The number of carbonyl (C=O) groups excluding carboxylic acids is 1. The van der Waals surface area contributed by atoms with Gasteiger partial charge in [-0.1, -0.05) is 41.6 Å². The van der Waals surface area contributed by atoms with Crippen molar-refractivity contribution in [1.29, 1.82) is 0 Å². The minimum atomic E-state index is -0.398. The lowest BCUT2D eigenvalue weighted by Crippen LogP contribution is -2.23. The van der Waals surface area contributed by atoms with E-state index in [4.69, 9.17) is 16.3 Å². The Morgan fingerprint density at radius 1 is 1.27 bits per heavy atom. The molecule has 0 aliphatic carbocycles. The van der Waals surface area contributed by atoms with Gasteiger partial charge in [-0.2, -0.15) is 0 Å². The first kappa shape index (κ1) is 21.9. The minimum absolute atomic E-state index is 0.145. The van der Waals surface area contributed by atoms with Crippen LogP contribution in [0.3, 0.4) is 0 Å². The maximum atomic E-state index is 12.8. The van der Waals surface area contributed by atoms with E-state index in [2.05, 4.69) is 22.1 Å². The van der Waals surface area contributed by atoms with E-state index in [1.165, 1.54) is 11.8 Å². The molecule has 0 bridgehead atoms. The van der Waals surface area contributed by atoms with Crippen molar-refractivity contribution in [2.45, 2.75) is 30.8 Å². The van der Waals surface area contributed by atoms with E-state index >= 15 is 0 Å². The number of nitrogens with one attached hydrogen (secondary N) is 1. The van der Waals surface area contributed by atoms with Crippen LogP contribution >= 0.6 is 23.4 Å². The van der Waals surface area contributed by atoms with Crippen LogP contribution < -0.4 is 10.1 Å². The zero-order valence-electron chi connectivity index (χ0n) is 16.8. The smallest absolute Gasteiger partial charge is 0.237 e. The van der Waals surface area contributed by atoms with Crippen LogP contribution in [0.4, 0.5) is 5.69 Å². The highest BCUT2D eigenvalue weighted by atomic mass is 35.5. The molecule has 156 valence electrons. The molecule has 1 heterocycles. The quantitative estimate of drug-likeness (QED) is 0.359. The molecule has 0 aliphatic heterocycles. The molecule has 8 heteroatoms. The Morgan fingerprint density at radius 3 is 2.70 bits per heavy atom. The van der Waals surface area contributed by atoms with Gasteiger partial charge in [0.25, 0.3) is 0 Å². The number of thioether (sulfide) groups is 1. The predicted molar refractivity (Wildman–Crippen MR) is 122 cm³/mol.